The van der Waals surface area contributed by atoms with E-state index < -0.39 is 0 Å². The van der Waals surface area contributed by atoms with Gasteiger partial charge in [0.1, 0.15) is 12.4 Å². The maximum Gasteiger partial charge on any atom is 0.319 e. The summed E-state index contributed by atoms with van der Waals surface area (Å²) in [6.07, 6.45) is 3.32. The van der Waals surface area contributed by atoms with Crippen molar-refractivity contribution in [3.8, 4) is 5.75 Å². The van der Waals surface area contributed by atoms with E-state index in [0.717, 1.165) is 12.8 Å². The molecule has 146 valence electrons. The van der Waals surface area contributed by atoms with E-state index in [9.17, 15) is 9.59 Å². The fraction of sp³-hybridized carbons (Fsp3) is 0.368. The monoisotopic (exact) mass is 393 g/mol. The van der Waals surface area contributed by atoms with Crippen molar-refractivity contribution in [1.82, 2.24) is 9.88 Å². The van der Waals surface area contributed by atoms with Crippen molar-refractivity contribution in [2.45, 2.75) is 19.4 Å². The van der Waals surface area contributed by atoms with Gasteiger partial charge in [-0.05, 0) is 37.1 Å². The number of carbonyl (C=O) groups is 1. The first kappa shape index (κ1) is 20.8. The molecule has 0 saturated heterocycles. The minimum Gasteiger partial charge on any atom is -0.490 e. The van der Waals surface area contributed by atoms with Gasteiger partial charge in [0, 0.05) is 38.1 Å². The van der Waals surface area contributed by atoms with Gasteiger partial charge in [-0.2, -0.15) is 0 Å². The lowest BCUT2D eigenvalue weighted by Crippen LogP contribution is -2.29. The molecule has 0 radical (unpaired) electrons. The number of aromatic nitrogens is 1. The van der Waals surface area contributed by atoms with Crippen LogP contribution in [0.25, 0.3) is 0 Å². The van der Waals surface area contributed by atoms with Crippen LogP contribution in [0, 0.1) is 0 Å². The van der Waals surface area contributed by atoms with Gasteiger partial charge in [0.25, 0.3) is 0 Å². The van der Waals surface area contributed by atoms with Crippen molar-refractivity contribution in [2.75, 3.05) is 32.2 Å². The number of ether oxygens (including phenoxy) is 2. The number of pyridine rings is 1. The van der Waals surface area contributed by atoms with E-state index in [1.54, 1.807) is 42.1 Å². The number of hydrogen-bond acceptors (Lipinski definition) is 4. The standard InChI is InChI=1S/C19H24ClN3O4/c1-26-12-13-27-17-8-7-15(14-16(17)20)22-19(25)21-9-3-5-11-23-10-4-2-6-18(23)24/h2,4,6-8,10,14H,3,5,9,11-13H2,1H3,(H2,21,22,25). The number of unbranched alkanes of at least 4 members (excludes halogenated alkanes) is 1. The molecule has 0 atom stereocenters. The summed E-state index contributed by atoms with van der Waals surface area (Å²) in [5, 5.41) is 5.92. The number of carbonyl (C=O) groups excluding carboxylic acids is 1. The van der Waals surface area contributed by atoms with E-state index in [1.807, 2.05) is 6.07 Å². The second kappa shape index (κ2) is 11.3. The molecule has 2 aromatic rings. The van der Waals surface area contributed by atoms with Gasteiger partial charge in [0.2, 0.25) is 5.56 Å². The molecule has 1 heterocycles. The van der Waals surface area contributed by atoms with E-state index in [-0.39, 0.29) is 11.6 Å². The largest absolute Gasteiger partial charge is 0.490 e. The highest BCUT2D eigenvalue weighted by Gasteiger charge is 2.06. The molecule has 8 heteroatoms. The number of halogens is 1. The lowest BCUT2D eigenvalue weighted by molar-refractivity contribution is 0.146. The van der Waals surface area contributed by atoms with Crippen molar-refractivity contribution in [3.05, 3.63) is 58.0 Å². The second-order valence-electron chi connectivity index (χ2n) is 5.81. The molecule has 2 N–H and O–H groups in total. The topological polar surface area (TPSA) is 81.6 Å². The highest BCUT2D eigenvalue weighted by Crippen LogP contribution is 2.27. The van der Waals surface area contributed by atoms with Crippen molar-refractivity contribution in [2.24, 2.45) is 0 Å². The van der Waals surface area contributed by atoms with Crippen molar-refractivity contribution < 1.29 is 14.3 Å². The molecule has 7 nitrogen and oxygen atoms in total. The second-order valence-corrected chi connectivity index (χ2v) is 6.21. The minimum absolute atomic E-state index is 0.0188. The van der Waals surface area contributed by atoms with Gasteiger partial charge in [-0.3, -0.25) is 4.79 Å². The van der Waals surface area contributed by atoms with Crippen LogP contribution in [-0.4, -0.2) is 37.5 Å². The predicted octanol–water partition coefficient (Wildman–Crippen LogP) is 3.13. The molecule has 2 amide bonds. The third-order valence-electron chi connectivity index (χ3n) is 3.75. The third-order valence-corrected chi connectivity index (χ3v) is 4.04. The average Bonchev–Trinajstić information content (AvgIpc) is 2.65. The van der Waals surface area contributed by atoms with Crippen LogP contribution in [0.2, 0.25) is 5.02 Å². The quantitative estimate of drug-likeness (QED) is 0.607. The van der Waals surface area contributed by atoms with E-state index in [4.69, 9.17) is 21.1 Å². The Bertz CT molecular complexity index is 795. The minimum atomic E-state index is -0.309. The summed E-state index contributed by atoms with van der Waals surface area (Å²) in [5.41, 5.74) is 0.558. The summed E-state index contributed by atoms with van der Waals surface area (Å²) in [7, 11) is 1.60. The molecule has 0 aliphatic carbocycles. The highest BCUT2D eigenvalue weighted by atomic mass is 35.5. The maximum atomic E-state index is 11.9. The van der Waals surface area contributed by atoms with Crippen LogP contribution in [0.1, 0.15) is 12.8 Å². The summed E-state index contributed by atoms with van der Waals surface area (Å²) >= 11 is 6.14. The van der Waals surface area contributed by atoms with E-state index in [1.165, 1.54) is 6.07 Å². The number of aryl methyl sites for hydroxylation is 1. The number of rotatable bonds is 10. The number of nitrogens with zero attached hydrogens (tertiary/aromatic N) is 1. The molecule has 0 aliphatic rings. The zero-order valence-corrected chi connectivity index (χ0v) is 16.0. The molecular formula is C19H24ClN3O4. The number of amides is 2. The van der Waals surface area contributed by atoms with Crippen LogP contribution in [0.3, 0.4) is 0 Å². The molecule has 0 bridgehead atoms. The Hall–Kier alpha value is -2.51. The Morgan fingerprint density at radius 3 is 2.78 bits per heavy atom. The Morgan fingerprint density at radius 1 is 1.19 bits per heavy atom. The Balaban J connectivity index is 1.68. The molecule has 1 aromatic carbocycles. The Labute approximate surface area is 163 Å². The van der Waals surface area contributed by atoms with Crippen LogP contribution in [-0.2, 0) is 11.3 Å². The number of urea groups is 1. The average molecular weight is 394 g/mol. The van der Waals surface area contributed by atoms with Gasteiger partial charge in [0.05, 0.1) is 11.6 Å². The number of benzene rings is 1. The van der Waals surface area contributed by atoms with Crippen LogP contribution in [0.4, 0.5) is 10.5 Å². The molecule has 0 spiro atoms. The molecule has 0 fully saturated rings. The van der Waals surface area contributed by atoms with E-state index in [2.05, 4.69) is 10.6 Å². The first-order chi connectivity index (χ1) is 13.1. The summed E-state index contributed by atoms with van der Waals surface area (Å²) in [6.45, 7) is 2.01. The van der Waals surface area contributed by atoms with Gasteiger partial charge in [0.15, 0.2) is 0 Å². The summed E-state index contributed by atoms with van der Waals surface area (Å²) in [5.74, 6) is 0.538. The Morgan fingerprint density at radius 2 is 2.04 bits per heavy atom. The fourth-order valence-corrected chi connectivity index (χ4v) is 2.60. The van der Waals surface area contributed by atoms with Crippen LogP contribution in [0.5, 0.6) is 5.75 Å². The summed E-state index contributed by atoms with van der Waals surface area (Å²) < 4.78 is 12.0. The summed E-state index contributed by atoms with van der Waals surface area (Å²) in [6, 6.07) is 9.81. The SMILES string of the molecule is COCCOc1ccc(NC(=O)NCCCCn2ccccc2=O)cc1Cl. The number of nitrogens with one attached hydrogen (secondary N) is 2. The number of anilines is 1. The van der Waals surface area contributed by atoms with Gasteiger partial charge < -0.3 is 24.7 Å². The van der Waals surface area contributed by atoms with Crippen molar-refractivity contribution in [3.63, 3.8) is 0 Å². The zero-order chi connectivity index (χ0) is 19.5. The Kier molecular flexibility index (Phi) is 8.67. The van der Waals surface area contributed by atoms with Crippen molar-refractivity contribution in [1.29, 1.82) is 0 Å². The number of methoxy groups -OCH3 is 1. The normalized spacial score (nSPS) is 10.4. The van der Waals surface area contributed by atoms with E-state index >= 15 is 0 Å². The molecule has 0 unspecified atom stereocenters. The molecular weight excluding hydrogens is 370 g/mol. The lowest BCUT2D eigenvalue weighted by Gasteiger charge is -2.11. The molecule has 0 saturated carbocycles. The molecule has 1 aromatic heterocycles. The van der Waals surface area contributed by atoms with Gasteiger partial charge in [-0.25, -0.2) is 4.79 Å². The number of hydrogen-bond donors (Lipinski definition) is 2. The lowest BCUT2D eigenvalue weighted by atomic mass is 10.3. The first-order valence-electron chi connectivity index (χ1n) is 8.72. The van der Waals surface area contributed by atoms with Gasteiger partial charge >= 0.3 is 6.03 Å². The van der Waals surface area contributed by atoms with Crippen LogP contribution >= 0.6 is 11.6 Å². The molecule has 2 rings (SSSR count). The molecule has 0 aliphatic heterocycles. The molecule has 27 heavy (non-hydrogen) atoms. The van der Waals surface area contributed by atoms with Crippen molar-refractivity contribution >= 4 is 23.3 Å². The predicted molar refractivity (Wildman–Crippen MR) is 106 cm³/mol. The van der Waals surface area contributed by atoms with Gasteiger partial charge in [-0.1, -0.05) is 17.7 Å². The first-order valence-corrected chi connectivity index (χ1v) is 9.09. The highest BCUT2D eigenvalue weighted by molar-refractivity contribution is 6.32. The summed E-state index contributed by atoms with van der Waals surface area (Å²) in [4.78, 5) is 23.5. The van der Waals surface area contributed by atoms with Crippen LogP contribution < -0.4 is 20.9 Å². The zero-order valence-electron chi connectivity index (χ0n) is 15.2. The fourth-order valence-electron chi connectivity index (χ4n) is 2.36. The smallest absolute Gasteiger partial charge is 0.319 e. The third kappa shape index (κ3) is 7.32. The van der Waals surface area contributed by atoms with E-state index in [0.29, 0.717) is 42.8 Å². The van der Waals surface area contributed by atoms with Crippen LogP contribution in [0.15, 0.2) is 47.4 Å². The van der Waals surface area contributed by atoms with Gasteiger partial charge in [-0.15, -0.1) is 0 Å². The maximum absolute atomic E-state index is 11.9.